The van der Waals surface area contributed by atoms with Gasteiger partial charge in [-0.1, -0.05) is 0 Å². The van der Waals surface area contributed by atoms with Gasteiger partial charge < -0.3 is 5.73 Å². The second kappa shape index (κ2) is 4.74. The minimum Gasteiger partial charge on any atom is -0.396 e. The summed E-state index contributed by atoms with van der Waals surface area (Å²) < 4.78 is 23.8. The van der Waals surface area contributed by atoms with Gasteiger partial charge in [0.2, 0.25) is 0 Å². The van der Waals surface area contributed by atoms with Crippen LogP contribution in [0.2, 0.25) is 0 Å². The molecule has 0 unspecified atom stereocenters. The lowest BCUT2D eigenvalue weighted by Gasteiger charge is -1.99. The van der Waals surface area contributed by atoms with Gasteiger partial charge in [-0.2, -0.15) is 5.10 Å². The first-order valence-corrected chi connectivity index (χ1v) is 8.36. The largest absolute Gasteiger partial charge is 0.396 e. The number of anilines is 1. The van der Waals surface area contributed by atoms with E-state index in [2.05, 4.69) is 5.10 Å². The molecule has 0 bridgehead atoms. The molecular weight excluding hydrogens is 270 g/mol. The van der Waals surface area contributed by atoms with Crippen LogP contribution in [0, 0.1) is 6.92 Å². The second-order valence-corrected chi connectivity index (χ2v) is 7.43. The first-order valence-electron chi connectivity index (χ1n) is 5.42. The molecule has 2 heterocycles. The van der Waals surface area contributed by atoms with Crippen LogP contribution in [-0.2, 0) is 16.4 Å². The van der Waals surface area contributed by atoms with Gasteiger partial charge in [-0.25, -0.2) is 8.42 Å². The van der Waals surface area contributed by atoms with Gasteiger partial charge in [-0.05, 0) is 23.9 Å². The highest BCUT2D eigenvalue weighted by molar-refractivity contribution is 7.90. The maximum atomic E-state index is 11.1. The fourth-order valence-corrected chi connectivity index (χ4v) is 3.05. The minimum absolute atomic E-state index is 0.0665. The minimum atomic E-state index is -2.99. The Kier molecular flexibility index (Phi) is 3.45. The lowest BCUT2D eigenvalue weighted by Crippen LogP contribution is -2.11. The van der Waals surface area contributed by atoms with E-state index in [4.69, 9.17) is 5.73 Å². The van der Waals surface area contributed by atoms with E-state index in [1.807, 2.05) is 18.4 Å². The fourth-order valence-electron chi connectivity index (χ4n) is 1.60. The van der Waals surface area contributed by atoms with E-state index in [1.165, 1.54) is 6.26 Å². The van der Waals surface area contributed by atoms with Crippen LogP contribution < -0.4 is 5.73 Å². The summed E-state index contributed by atoms with van der Waals surface area (Å²) in [5, 5.41) is 6.34. The average Bonchev–Trinajstić information content (AvgIpc) is 2.81. The molecule has 2 aromatic heterocycles. The Morgan fingerprint density at radius 3 is 2.78 bits per heavy atom. The molecule has 0 aliphatic heterocycles. The van der Waals surface area contributed by atoms with Crippen molar-refractivity contribution in [2.75, 3.05) is 17.7 Å². The van der Waals surface area contributed by atoms with E-state index in [9.17, 15) is 8.42 Å². The Hall–Kier alpha value is -1.34. The van der Waals surface area contributed by atoms with Crippen LogP contribution in [0.5, 0.6) is 0 Å². The van der Waals surface area contributed by atoms with E-state index >= 15 is 0 Å². The molecule has 18 heavy (non-hydrogen) atoms. The first-order chi connectivity index (χ1) is 8.37. The highest BCUT2D eigenvalue weighted by Crippen LogP contribution is 2.31. The van der Waals surface area contributed by atoms with Crippen molar-refractivity contribution >= 4 is 26.9 Å². The van der Waals surface area contributed by atoms with Crippen molar-refractivity contribution in [3.8, 4) is 10.6 Å². The Labute approximate surface area is 110 Å². The molecule has 0 aromatic carbocycles. The fraction of sp³-hybridized carbons (Fsp3) is 0.364. The number of nitrogens with two attached hydrogens (primary N) is 1. The van der Waals surface area contributed by atoms with Gasteiger partial charge in [0.15, 0.2) is 0 Å². The molecule has 0 fully saturated rings. The van der Waals surface area contributed by atoms with Crippen LogP contribution in [0.3, 0.4) is 0 Å². The maximum Gasteiger partial charge on any atom is 0.149 e. The molecule has 0 saturated carbocycles. The van der Waals surface area contributed by atoms with Crippen LogP contribution >= 0.6 is 11.3 Å². The summed E-state index contributed by atoms with van der Waals surface area (Å²) in [5.74, 6) is 0.0665. The van der Waals surface area contributed by atoms with Crippen molar-refractivity contribution in [1.29, 1.82) is 0 Å². The lowest BCUT2D eigenvalue weighted by atomic mass is 10.2. The zero-order chi connectivity index (χ0) is 13.3. The third kappa shape index (κ3) is 2.91. The maximum absolute atomic E-state index is 11.1. The molecule has 0 aliphatic carbocycles. The Balaban J connectivity index is 2.25. The molecule has 5 nitrogen and oxygen atoms in total. The van der Waals surface area contributed by atoms with E-state index in [0.717, 1.165) is 16.1 Å². The summed E-state index contributed by atoms with van der Waals surface area (Å²) in [6.45, 7) is 2.33. The van der Waals surface area contributed by atoms with Crippen molar-refractivity contribution < 1.29 is 8.42 Å². The van der Waals surface area contributed by atoms with Crippen molar-refractivity contribution in [3.63, 3.8) is 0 Å². The number of rotatable bonds is 4. The van der Waals surface area contributed by atoms with Gasteiger partial charge in [0.25, 0.3) is 0 Å². The van der Waals surface area contributed by atoms with Crippen LogP contribution in [-0.4, -0.2) is 30.2 Å². The van der Waals surface area contributed by atoms with Crippen LogP contribution in [0.15, 0.2) is 17.6 Å². The SMILES string of the molecule is Cc1ccsc1-c1nn(CCS(C)(=O)=O)cc1N. The molecular formula is C11H15N3O2S2. The summed E-state index contributed by atoms with van der Waals surface area (Å²) in [4.78, 5) is 1.03. The van der Waals surface area contributed by atoms with Gasteiger partial charge in [0.1, 0.15) is 15.5 Å². The Morgan fingerprint density at radius 1 is 1.50 bits per heavy atom. The number of sulfone groups is 1. The average molecular weight is 285 g/mol. The van der Waals surface area contributed by atoms with Crippen LogP contribution in [0.4, 0.5) is 5.69 Å². The molecule has 7 heteroatoms. The molecule has 0 amide bonds. The van der Waals surface area contributed by atoms with Crippen LogP contribution in [0.1, 0.15) is 5.56 Å². The first kappa shape index (κ1) is 13.1. The van der Waals surface area contributed by atoms with Crippen molar-refractivity contribution in [2.24, 2.45) is 0 Å². The molecule has 98 valence electrons. The number of nitrogens with zero attached hydrogens (tertiary/aromatic N) is 2. The van der Waals surface area contributed by atoms with Gasteiger partial charge in [-0.15, -0.1) is 11.3 Å². The quantitative estimate of drug-likeness (QED) is 0.924. The summed E-state index contributed by atoms with van der Waals surface area (Å²) in [7, 11) is -2.99. The van der Waals surface area contributed by atoms with Gasteiger partial charge >= 0.3 is 0 Å². The number of hydrogen-bond acceptors (Lipinski definition) is 5. The Morgan fingerprint density at radius 2 is 2.22 bits per heavy atom. The number of thiophene rings is 1. The van der Waals surface area contributed by atoms with Crippen molar-refractivity contribution in [3.05, 3.63) is 23.2 Å². The zero-order valence-electron chi connectivity index (χ0n) is 10.3. The van der Waals surface area contributed by atoms with E-state index in [1.54, 1.807) is 22.2 Å². The third-order valence-electron chi connectivity index (χ3n) is 2.56. The second-order valence-electron chi connectivity index (χ2n) is 4.26. The normalized spacial score (nSPS) is 11.9. The van der Waals surface area contributed by atoms with Crippen LogP contribution in [0.25, 0.3) is 10.6 Å². The summed E-state index contributed by atoms with van der Waals surface area (Å²) in [6, 6.07) is 2.01. The van der Waals surface area contributed by atoms with Gasteiger partial charge in [0.05, 0.1) is 22.9 Å². The molecule has 0 saturated heterocycles. The molecule has 0 spiro atoms. The Bertz CT molecular complexity index is 656. The summed E-state index contributed by atoms with van der Waals surface area (Å²) >= 11 is 1.58. The number of hydrogen-bond donors (Lipinski definition) is 1. The number of aromatic nitrogens is 2. The highest BCUT2D eigenvalue weighted by Gasteiger charge is 2.13. The standard InChI is InChI=1S/C11H15N3O2S2/c1-8-3-5-17-11(8)10-9(12)7-14(13-10)4-6-18(2,15)16/h3,5,7H,4,6,12H2,1-2H3. The topological polar surface area (TPSA) is 78.0 Å². The predicted molar refractivity (Wildman–Crippen MR) is 74.4 cm³/mol. The molecule has 0 aliphatic rings. The van der Waals surface area contributed by atoms with Gasteiger partial charge in [-0.3, -0.25) is 4.68 Å². The van der Waals surface area contributed by atoms with E-state index < -0.39 is 9.84 Å². The van der Waals surface area contributed by atoms with Gasteiger partial charge in [0, 0.05) is 12.5 Å². The number of aryl methyl sites for hydroxylation is 2. The van der Waals surface area contributed by atoms with E-state index in [-0.39, 0.29) is 5.75 Å². The predicted octanol–water partition coefficient (Wildman–Crippen LogP) is 1.55. The summed E-state index contributed by atoms with van der Waals surface area (Å²) in [5.41, 5.74) is 8.35. The molecule has 0 radical (unpaired) electrons. The molecule has 2 aromatic rings. The molecule has 2 rings (SSSR count). The lowest BCUT2D eigenvalue weighted by molar-refractivity contribution is 0.586. The zero-order valence-corrected chi connectivity index (χ0v) is 11.9. The van der Waals surface area contributed by atoms with Crippen molar-refractivity contribution in [1.82, 2.24) is 9.78 Å². The third-order valence-corrected chi connectivity index (χ3v) is 4.51. The molecule has 0 atom stereocenters. The smallest absolute Gasteiger partial charge is 0.149 e. The molecule has 2 N–H and O–H groups in total. The van der Waals surface area contributed by atoms with Crippen molar-refractivity contribution in [2.45, 2.75) is 13.5 Å². The highest BCUT2D eigenvalue weighted by atomic mass is 32.2. The number of nitrogen functional groups attached to an aromatic ring is 1. The van der Waals surface area contributed by atoms with E-state index in [0.29, 0.717) is 12.2 Å². The monoisotopic (exact) mass is 285 g/mol. The summed E-state index contributed by atoms with van der Waals surface area (Å²) in [6.07, 6.45) is 2.89.